The van der Waals surface area contributed by atoms with Gasteiger partial charge in [0.05, 0.1) is 10.6 Å². The Bertz CT molecular complexity index is 1680. The Labute approximate surface area is 275 Å². The fourth-order valence-electron chi connectivity index (χ4n) is 5.24. The first-order valence-electron chi connectivity index (χ1n) is 15.1. The van der Waals surface area contributed by atoms with Crippen LogP contribution in [0.5, 0.6) is 0 Å². The Morgan fingerprint density at radius 1 is 0.822 bits per heavy atom. The molecule has 0 heterocycles. The van der Waals surface area contributed by atoms with Crippen LogP contribution in [0, 0.1) is 13.8 Å². The topological polar surface area (TPSA) is 86.8 Å². The average Bonchev–Trinajstić information content (AvgIpc) is 3.02. The maximum absolute atomic E-state index is 14.6. The molecule has 0 saturated heterocycles. The normalized spacial score (nSPS) is 11.9. The fraction of sp³-hybridized carbons (Fsp3) is 0.278. The van der Waals surface area contributed by atoms with E-state index in [-0.39, 0.29) is 23.8 Å². The highest BCUT2D eigenvalue weighted by atomic mass is 79.9. The van der Waals surface area contributed by atoms with Crippen LogP contribution >= 0.6 is 15.9 Å². The van der Waals surface area contributed by atoms with Crippen molar-refractivity contribution in [1.82, 2.24) is 10.2 Å². The molecular weight excluding hydrogens is 650 g/mol. The summed E-state index contributed by atoms with van der Waals surface area (Å²) in [6.45, 7) is 5.94. The Balaban J connectivity index is 1.81. The SMILES string of the molecule is CCCCNC(=O)[C@@H](Cc1ccccc1)N(Cc1cccc(Br)c1)C(=O)CN(c1cc(C)cc(C)c1)S(=O)(=O)c1ccccc1. The molecule has 2 amide bonds. The zero-order valence-corrected chi connectivity index (χ0v) is 28.4. The van der Waals surface area contributed by atoms with Crippen molar-refractivity contribution in [2.24, 2.45) is 0 Å². The molecule has 1 atom stereocenters. The van der Waals surface area contributed by atoms with Crippen LogP contribution in [-0.4, -0.2) is 44.3 Å². The molecule has 45 heavy (non-hydrogen) atoms. The first-order valence-corrected chi connectivity index (χ1v) is 17.3. The number of carbonyl (C=O) groups is 2. The second-order valence-corrected chi connectivity index (χ2v) is 14.0. The molecule has 0 bridgehead atoms. The van der Waals surface area contributed by atoms with Gasteiger partial charge >= 0.3 is 0 Å². The highest BCUT2D eigenvalue weighted by Crippen LogP contribution is 2.27. The lowest BCUT2D eigenvalue weighted by atomic mass is 10.0. The van der Waals surface area contributed by atoms with Crippen LogP contribution < -0.4 is 9.62 Å². The van der Waals surface area contributed by atoms with Crippen molar-refractivity contribution < 1.29 is 18.0 Å². The smallest absolute Gasteiger partial charge is 0.264 e. The highest BCUT2D eigenvalue weighted by Gasteiger charge is 2.34. The molecule has 0 aliphatic heterocycles. The lowest BCUT2D eigenvalue weighted by Gasteiger charge is -2.34. The summed E-state index contributed by atoms with van der Waals surface area (Å²) in [5.74, 6) is -0.764. The number of rotatable bonds is 14. The molecule has 236 valence electrons. The largest absolute Gasteiger partial charge is 0.354 e. The van der Waals surface area contributed by atoms with Crippen LogP contribution in [-0.2, 0) is 32.6 Å². The van der Waals surface area contributed by atoms with Crippen LogP contribution in [0.25, 0.3) is 0 Å². The van der Waals surface area contributed by atoms with E-state index in [4.69, 9.17) is 0 Å². The lowest BCUT2D eigenvalue weighted by molar-refractivity contribution is -0.140. The van der Waals surface area contributed by atoms with E-state index < -0.39 is 28.5 Å². The molecular formula is C36H40BrN3O4S. The molecule has 4 aromatic carbocycles. The molecule has 0 aliphatic rings. The van der Waals surface area contributed by atoms with E-state index in [0.29, 0.717) is 12.2 Å². The summed E-state index contributed by atoms with van der Waals surface area (Å²) >= 11 is 3.52. The Morgan fingerprint density at radius 3 is 2.07 bits per heavy atom. The number of sulfonamides is 1. The monoisotopic (exact) mass is 689 g/mol. The Morgan fingerprint density at radius 2 is 1.44 bits per heavy atom. The minimum absolute atomic E-state index is 0.0774. The maximum atomic E-state index is 14.6. The zero-order valence-electron chi connectivity index (χ0n) is 25.9. The van der Waals surface area contributed by atoms with Gasteiger partial charge in [0, 0.05) is 24.0 Å². The van der Waals surface area contributed by atoms with E-state index in [9.17, 15) is 18.0 Å². The quantitative estimate of drug-likeness (QED) is 0.147. The number of amides is 2. The van der Waals surface area contributed by atoms with Crippen molar-refractivity contribution in [3.8, 4) is 0 Å². The van der Waals surface area contributed by atoms with E-state index >= 15 is 0 Å². The summed E-state index contributed by atoms with van der Waals surface area (Å²) in [7, 11) is -4.14. The third-order valence-corrected chi connectivity index (χ3v) is 9.73. The molecule has 7 nitrogen and oxygen atoms in total. The van der Waals surface area contributed by atoms with Gasteiger partial charge in [0.15, 0.2) is 0 Å². The van der Waals surface area contributed by atoms with Crippen molar-refractivity contribution in [2.45, 2.75) is 57.5 Å². The summed E-state index contributed by atoms with van der Waals surface area (Å²) in [6, 6.07) is 29.8. The number of carbonyl (C=O) groups excluding carboxylic acids is 2. The lowest BCUT2D eigenvalue weighted by Crippen LogP contribution is -2.53. The minimum Gasteiger partial charge on any atom is -0.354 e. The fourth-order valence-corrected chi connectivity index (χ4v) is 7.10. The van der Waals surface area contributed by atoms with Crippen LogP contribution in [0.3, 0.4) is 0 Å². The number of anilines is 1. The minimum atomic E-state index is -4.14. The van der Waals surface area contributed by atoms with Crippen molar-refractivity contribution in [3.63, 3.8) is 0 Å². The second kappa shape index (κ2) is 15.9. The molecule has 0 saturated carbocycles. The molecule has 4 aromatic rings. The summed E-state index contributed by atoms with van der Waals surface area (Å²) in [5, 5.41) is 3.02. The average molecular weight is 691 g/mol. The van der Waals surface area contributed by atoms with Gasteiger partial charge in [-0.05, 0) is 78.9 Å². The van der Waals surface area contributed by atoms with Crippen molar-refractivity contribution in [2.75, 3.05) is 17.4 Å². The number of hydrogen-bond donors (Lipinski definition) is 1. The number of aryl methyl sites for hydroxylation is 2. The van der Waals surface area contributed by atoms with Gasteiger partial charge in [-0.25, -0.2) is 8.42 Å². The van der Waals surface area contributed by atoms with Gasteiger partial charge < -0.3 is 10.2 Å². The number of nitrogens with zero attached hydrogens (tertiary/aromatic N) is 2. The van der Waals surface area contributed by atoms with Gasteiger partial charge in [0.2, 0.25) is 11.8 Å². The molecule has 0 radical (unpaired) electrons. The number of halogens is 1. The zero-order chi connectivity index (χ0) is 32.4. The molecule has 0 spiro atoms. The standard InChI is InChI=1S/C36H40BrN3O4S/c1-4-5-19-38-36(42)34(24-29-13-8-6-9-14-29)39(25-30-15-12-16-31(37)23-30)35(41)26-40(32-21-27(2)20-28(3)22-32)45(43,44)33-17-10-7-11-18-33/h6-18,20-23,34H,4-5,19,24-26H2,1-3H3,(H,38,42)/t34-/m1/s1. The highest BCUT2D eigenvalue weighted by molar-refractivity contribution is 9.10. The predicted octanol–water partition coefficient (Wildman–Crippen LogP) is 6.82. The molecule has 0 fully saturated rings. The van der Waals surface area contributed by atoms with Gasteiger partial charge in [-0.3, -0.25) is 13.9 Å². The Kier molecular flexibility index (Phi) is 12.0. The van der Waals surface area contributed by atoms with Gasteiger partial charge in [0.1, 0.15) is 12.6 Å². The van der Waals surface area contributed by atoms with Crippen molar-refractivity contribution >= 4 is 43.5 Å². The van der Waals surface area contributed by atoms with E-state index in [1.54, 1.807) is 30.3 Å². The molecule has 4 rings (SSSR count). The van der Waals surface area contributed by atoms with Crippen LogP contribution in [0.1, 0.15) is 42.0 Å². The number of unbranched alkanes of at least 4 members (excludes halogenated alkanes) is 1. The van der Waals surface area contributed by atoms with Gasteiger partial charge in [-0.1, -0.05) is 96.0 Å². The maximum Gasteiger partial charge on any atom is 0.264 e. The summed E-state index contributed by atoms with van der Waals surface area (Å²) < 4.78 is 30.3. The van der Waals surface area contributed by atoms with Crippen LogP contribution in [0.4, 0.5) is 5.69 Å². The summed E-state index contributed by atoms with van der Waals surface area (Å²) in [4.78, 5) is 30.0. The van der Waals surface area contributed by atoms with Gasteiger partial charge in [0.25, 0.3) is 10.0 Å². The first kappa shape index (κ1) is 33.9. The number of hydrogen-bond acceptors (Lipinski definition) is 4. The summed E-state index contributed by atoms with van der Waals surface area (Å²) in [6.07, 6.45) is 1.99. The van der Waals surface area contributed by atoms with Gasteiger partial charge in [-0.2, -0.15) is 0 Å². The van der Waals surface area contributed by atoms with E-state index in [1.165, 1.54) is 17.0 Å². The molecule has 0 aromatic heterocycles. The molecule has 0 unspecified atom stereocenters. The predicted molar refractivity (Wildman–Crippen MR) is 183 cm³/mol. The number of nitrogens with one attached hydrogen (secondary N) is 1. The second-order valence-electron chi connectivity index (χ2n) is 11.2. The molecule has 9 heteroatoms. The van der Waals surface area contributed by atoms with E-state index in [2.05, 4.69) is 21.2 Å². The Hall–Kier alpha value is -3.95. The number of benzene rings is 4. The van der Waals surface area contributed by atoms with Gasteiger partial charge in [-0.15, -0.1) is 0 Å². The van der Waals surface area contributed by atoms with Crippen LogP contribution in [0.2, 0.25) is 0 Å². The first-order chi connectivity index (χ1) is 21.6. The van der Waals surface area contributed by atoms with E-state index in [0.717, 1.165) is 43.9 Å². The van der Waals surface area contributed by atoms with Crippen molar-refractivity contribution in [1.29, 1.82) is 0 Å². The van der Waals surface area contributed by atoms with Crippen LogP contribution in [0.15, 0.2) is 112 Å². The summed E-state index contributed by atoms with van der Waals surface area (Å²) in [5.41, 5.74) is 3.83. The molecule has 0 aliphatic carbocycles. The van der Waals surface area contributed by atoms with E-state index in [1.807, 2.05) is 81.4 Å². The van der Waals surface area contributed by atoms with Crippen molar-refractivity contribution in [3.05, 3.63) is 130 Å². The third kappa shape index (κ3) is 9.28. The molecule has 1 N–H and O–H groups in total. The third-order valence-electron chi connectivity index (χ3n) is 7.45.